The van der Waals surface area contributed by atoms with Gasteiger partial charge in [0, 0.05) is 6.54 Å². The molecular formula is C23H29NO4. The molecule has 0 saturated carbocycles. The third-order valence-electron chi connectivity index (χ3n) is 3.36. The van der Waals surface area contributed by atoms with E-state index in [1.165, 1.54) is 7.11 Å². The topological polar surface area (TPSA) is 64.6 Å². The Kier molecular flexibility index (Phi) is 8.96. The Morgan fingerprint density at radius 1 is 1.21 bits per heavy atom. The van der Waals surface area contributed by atoms with Crippen LogP contribution in [0.3, 0.4) is 0 Å². The summed E-state index contributed by atoms with van der Waals surface area (Å²) >= 11 is 0. The van der Waals surface area contributed by atoms with Gasteiger partial charge < -0.3 is 14.8 Å². The number of hydrogen-bond acceptors (Lipinski definition) is 4. The number of alkyl carbamates (subject to hydrolysis) is 1. The van der Waals surface area contributed by atoms with Gasteiger partial charge in [0.05, 0.1) is 12.7 Å². The van der Waals surface area contributed by atoms with Crippen LogP contribution in [0.25, 0.3) is 6.08 Å². The van der Waals surface area contributed by atoms with Gasteiger partial charge in [0.2, 0.25) is 0 Å². The predicted octanol–water partition coefficient (Wildman–Crippen LogP) is 5.07. The van der Waals surface area contributed by atoms with E-state index < -0.39 is 11.7 Å². The molecule has 0 fully saturated rings. The summed E-state index contributed by atoms with van der Waals surface area (Å²) in [5.41, 5.74) is 2.45. The summed E-state index contributed by atoms with van der Waals surface area (Å²) in [6.07, 6.45) is 9.04. The van der Waals surface area contributed by atoms with E-state index in [4.69, 9.17) is 9.47 Å². The van der Waals surface area contributed by atoms with Gasteiger partial charge in [-0.3, -0.25) is 0 Å². The summed E-state index contributed by atoms with van der Waals surface area (Å²) in [4.78, 5) is 23.4. The minimum absolute atomic E-state index is 0.279. The lowest BCUT2D eigenvalue weighted by molar-refractivity contribution is 0.0531. The molecule has 0 radical (unpaired) electrons. The first-order valence-electron chi connectivity index (χ1n) is 9.00. The standard InChI is InChI=1S/C23H29NO4/c1-7-9-18(14-17(2)16-24-22(26)28-23(3,4)5)12-13-19-10-8-11-20(15-19)21(25)27-6/h7-15H,2,16H2,1,3-6H3,(H,24,26)/b9-7-,13-12+,18-14+. The molecule has 0 saturated heterocycles. The molecule has 1 amide bonds. The third kappa shape index (κ3) is 9.03. The van der Waals surface area contributed by atoms with Gasteiger partial charge in [0.25, 0.3) is 0 Å². The van der Waals surface area contributed by atoms with Crippen LogP contribution in [0.5, 0.6) is 0 Å². The predicted molar refractivity (Wildman–Crippen MR) is 113 cm³/mol. The van der Waals surface area contributed by atoms with Gasteiger partial charge in [-0.15, -0.1) is 0 Å². The molecule has 0 unspecified atom stereocenters. The monoisotopic (exact) mass is 383 g/mol. The highest BCUT2D eigenvalue weighted by Gasteiger charge is 2.15. The van der Waals surface area contributed by atoms with Crippen LogP contribution in [0.1, 0.15) is 43.6 Å². The van der Waals surface area contributed by atoms with Crippen molar-refractivity contribution in [1.29, 1.82) is 0 Å². The molecule has 0 heterocycles. The van der Waals surface area contributed by atoms with Crippen molar-refractivity contribution in [3.05, 3.63) is 77.4 Å². The molecule has 0 atom stereocenters. The first kappa shape index (κ1) is 23.0. The fourth-order valence-electron chi connectivity index (χ4n) is 2.21. The lowest BCUT2D eigenvalue weighted by Crippen LogP contribution is -2.33. The largest absolute Gasteiger partial charge is 0.465 e. The maximum Gasteiger partial charge on any atom is 0.407 e. The molecule has 0 aliphatic carbocycles. The summed E-state index contributed by atoms with van der Waals surface area (Å²) < 4.78 is 9.95. The molecule has 1 N–H and O–H groups in total. The summed E-state index contributed by atoms with van der Waals surface area (Å²) in [5, 5.41) is 2.68. The van der Waals surface area contributed by atoms with Crippen LogP contribution < -0.4 is 5.32 Å². The number of methoxy groups -OCH3 is 1. The maximum absolute atomic E-state index is 11.7. The minimum Gasteiger partial charge on any atom is -0.465 e. The number of esters is 1. The zero-order valence-corrected chi connectivity index (χ0v) is 17.2. The van der Waals surface area contributed by atoms with Crippen LogP contribution in [-0.2, 0) is 9.47 Å². The number of hydrogen-bond donors (Lipinski definition) is 1. The van der Waals surface area contributed by atoms with E-state index in [0.29, 0.717) is 5.56 Å². The summed E-state index contributed by atoms with van der Waals surface area (Å²) in [7, 11) is 1.36. The van der Waals surface area contributed by atoms with Crippen molar-refractivity contribution in [1.82, 2.24) is 5.32 Å². The molecule has 28 heavy (non-hydrogen) atoms. The molecule has 0 spiro atoms. The number of amides is 1. The average Bonchev–Trinajstić information content (AvgIpc) is 2.63. The first-order valence-corrected chi connectivity index (χ1v) is 9.00. The number of rotatable bonds is 7. The number of carbonyl (C=O) groups is 2. The molecule has 1 aromatic rings. The van der Waals surface area contributed by atoms with E-state index in [0.717, 1.165) is 16.7 Å². The van der Waals surface area contributed by atoms with Gasteiger partial charge in [0.15, 0.2) is 0 Å². The second-order valence-electron chi connectivity index (χ2n) is 7.11. The second kappa shape index (κ2) is 10.9. The highest BCUT2D eigenvalue weighted by atomic mass is 16.6. The van der Waals surface area contributed by atoms with Gasteiger partial charge in [-0.1, -0.05) is 49.1 Å². The smallest absolute Gasteiger partial charge is 0.407 e. The fraction of sp³-hybridized carbons (Fsp3) is 0.304. The summed E-state index contributed by atoms with van der Waals surface area (Å²) in [6, 6.07) is 7.16. The van der Waals surface area contributed by atoms with Crippen LogP contribution >= 0.6 is 0 Å². The molecule has 1 rings (SSSR count). The van der Waals surface area contributed by atoms with Crippen LogP contribution in [0, 0.1) is 0 Å². The lowest BCUT2D eigenvalue weighted by Gasteiger charge is -2.19. The average molecular weight is 383 g/mol. The van der Waals surface area contributed by atoms with Crippen molar-refractivity contribution in [3.8, 4) is 0 Å². The fourth-order valence-corrected chi connectivity index (χ4v) is 2.21. The van der Waals surface area contributed by atoms with Gasteiger partial charge in [0.1, 0.15) is 5.60 Å². The molecule has 0 aliphatic heterocycles. The van der Waals surface area contributed by atoms with Gasteiger partial charge >= 0.3 is 12.1 Å². The minimum atomic E-state index is -0.543. The normalized spacial score (nSPS) is 12.2. The molecule has 1 aromatic carbocycles. The van der Waals surface area contributed by atoms with Crippen molar-refractivity contribution >= 4 is 18.1 Å². The Balaban J connectivity index is 2.81. The van der Waals surface area contributed by atoms with Gasteiger partial charge in [-0.2, -0.15) is 0 Å². The van der Waals surface area contributed by atoms with E-state index in [2.05, 4.69) is 11.9 Å². The number of carbonyl (C=O) groups excluding carboxylic acids is 2. The van der Waals surface area contributed by atoms with Gasteiger partial charge in [-0.05, 0) is 56.5 Å². The van der Waals surface area contributed by atoms with E-state index in [-0.39, 0.29) is 12.5 Å². The Hall–Kier alpha value is -3.08. The Labute approximate surface area is 167 Å². The molecule has 0 bridgehead atoms. The van der Waals surface area contributed by atoms with Crippen molar-refractivity contribution in [2.75, 3.05) is 13.7 Å². The van der Waals surface area contributed by atoms with Crippen molar-refractivity contribution in [2.45, 2.75) is 33.3 Å². The van der Waals surface area contributed by atoms with E-state index >= 15 is 0 Å². The first-order chi connectivity index (χ1) is 13.1. The number of nitrogens with one attached hydrogen (secondary N) is 1. The number of allylic oxidation sites excluding steroid dienone is 4. The Morgan fingerprint density at radius 2 is 1.93 bits per heavy atom. The van der Waals surface area contributed by atoms with Gasteiger partial charge in [-0.25, -0.2) is 9.59 Å². The Bertz CT molecular complexity index is 795. The highest BCUT2D eigenvalue weighted by Crippen LogP contribution is 2.12. The SMILES string of the molecule is C=C(/C=C(\C=C/C)/C=C/c1cccc(C(=O)OC)c1)CNC(=O)OC(C)(C)C. The molecule has 0 aliphatic rings. The van der Waals surface area contributed by atoms with E-state index in [1.807, 2.05) is 64.1 Å². The summed E-state index contributed by atoms with van der Waals surface area (Å²) in [5.74, 6) is -0.374. The zero-order valence-electron chi connectivity index (χ0n) is 17.2. The Morgan fingerprint density at radius 3 is 2.54 bits per heavy atom. The molecule has 5 nitrogen and oxygen atoms in total. The number of ether oxygens (including phenoxy) is 2. The molecule has 5 heteroatoms. The lowest BCUT2D eigenvalue weighted by atomic mass is 10.1. The maximum atomic E-state index is 11.7. The second-order valence-corrected chi connectivity index (χ2v) is 7.11. The molecule has 0 aromatic heterocycles. The van der Waals surface area contributed by atoms with Crippen LogP contribution in [0.4, 0.5) is 4.79 Å². The van der Waals surface area contributed by atoms with Crippen LogP contribution in [-0.4, -0.2) is 31.3 Å². The summed E-state index contributed by atoms with van der Waals surface area (Å²) in [6.45, 7) is 11.6. The number of benzene rings is 1. The van der Waals surface area contributed by atoms with Crippen LogP contribution in [0.15, 0.2) is 66.3 Å². The van der Waals surface area contributed by atoms with E-state index in [9.17, 15) is 9.59 Å². The molecular weight excluding hydrogens is 354 g/mol. The molecule has 150 valence electrons. The van der Waals surface area contributed by atoms with Crippen molar-refractivity contribution < 1.29 is 19.1 Å². The van der Waals surface area contributed by atoms with Crippen molar-refractivity contribution in [3.63, 3.8) is 0 Å². The quantitative estimate of drug-likeness (QED) is 0.527. The highest BCUT2D eigenvalue weighted by molar-refractivity contribution is 5.90. The zero-order chi connectivity index (χ0) is 21.2. The van der Waals surface area contributed by atoms with Crippen molar-refractivity contribution in [2.24, 2.45) is 0 Å². The third-order valence-corrected chi connectivity index (χ3v) is 3.36. The van der Waals surface area contributed by atoms with Crippen LogP contribution in [0.2, 0.25) is 0 Å². The van der Waals surface area contributed by atoms with E-state index in [1.54, 1.807) is 18.2 Å².